The number of carbonyl (C=O) groups is 2. The molecule has 0 bridgehead atoms. The van der Waals surface area contributed by atoms with E-state index in [1.54, 1.807) is 4.90 Å². The van der Waals surface area contributed by atoms with E-state index in [-0.39, 0.29) is 22.8 Å². The summed E-state index contributed by atoms with van der Waals surface area (Å²) in [6.45, 7) is 1.17. The fourth-order valence-corrected chi connectivity index (χ4v) is 1.99. The highest BCUT2D eigenvalue weighted by atomic mass is 35.5. The minimum Gasteiger partial charge on any atom is -0.440 e. The van der Waals surface area contributed by atoms with E-state index in [0.717, 1.165) is 0 Å². The molecule has 2 heterocycles. The Balaban J connectivity index is 1.94. The molecule has 0 saturated carbocycles. The van der Waals surface area contributed by atoms with Gasteiger partial charge in [-0.1, -0.05) is 0 Å². The van der Waals surface area contributed by atoms with Crippen LogP contribution < -0.4 is 0 Å². The standard InChI is InChI=1S/C11H13ClN2O4/c12-9-2-1-8(18-9)11(17)14-5-3-13(4-6-14)10(16)7-15/h1-2,15H,3-7H2. The van der Waals surface area contributed by atoms with E-state index in [0.29, 0.717) is 26.2 Å². The molecular weight excluding hydrogens is 260 g/mol. The van der Waals surface area contributed by atoms with Crippen molar-refractivity contribution in [2.75, 3.05) is 32.8 Å². The monoisotopic (exact) mass is 272 g/mol. The minimum absolute atomic E-state index is 0.174. The molecule has 7 heteroatoms. The second kappa shape index (κ2) is 5.41. The molecule has 2 amide bonds. The van der Waals surface area contributed by atoms with Crippen LogP contribution >= 0.6 is 11.6 Å². The molecule has 6 nitrogen and oxygen atoms in total. The van der Waals surface area contributed by atoms with Crippen molar-refractivity contribution >= 4 is 23.4 Å². The van der Waals surface area contributed by atoms with Gasteiger partial charge in [-0.3, -0.25) is 9.59 Å². The largest absolute Gasteiger partial charge is 0.440 e. The summed E-state index contributed by atoms with van der Waals surface area (Å²) in [5.74, 6) is -0.358. The van der Waals surface area contributed by atoms with Crippen molar-refractivity contribution in [3.63, 3.8) is 0 Å². The molecule has 1 aromatic rings. The Morgan fingerprint density at radius 2 is 1.83 bits per heavy atom. The Morgan fingerprint density at radius 3 is 2.33 bits per heavy atom. The van der Waals surface area contributed by atoms with E-state index in [1.807, 2.05) is 0 Å². The first-order valence-electron chi connectivity index (χ1n) is 5.55. The van der Waals surface area contributed by atoms with Gasteiger partial charge in [0.05, 0.1) is 0 Å². The van der Waals surface area contributed by atoms with Gasteiger partial charge in [0, 0.05) is 26.2 Å². The van der Waals surface area contributed by atoms with Crippen molar-refractivity contribution in [3.05, 3.63) is 23.1 Å². The topological polar surface area (TPSA) is 74.0 Å². The molecule has 0 aromatic carbocycles. The van der Waals surface area contributed by atoms with Gasteiger partial charge >= 0.3 is 0 Å². The number of rotatable bonds is 2. The van der Waals surface area contributed by atoms with E-state index < -0.39 is 6.61 Å². The predicted molar refractivity (Wildman–Crippen MR) is 63.3 cm³/mol. The van der Waals surface area contributed by atoms with Gasteiger partial charge in [-0.15, -0.1) is 0 Å². The zero-order valence-electron chi connectivity index (χ0n) is 9.63. The van der Waals surface area contributed by atoms with E-state index in [4.69, 9.17) is 21.1 Å². The van der Waals surface area contributed by atoms with E-state index in [2.05, 4.69) is 0 Å². The van der Waals surface area contributed by atoms with Gasteiger partial charge in [0.15, 0.2) is 11.0 Å². The predicted octanol–water partition coefficient (Wildman–Crippen LogP) is 0.210. The number of aliphatic hydroxyl groups excluding tert-OH is 1. The first-order valence-corrected chi connectivity index (χ1v) is 5.93. The lowest BCUT2D eigenvalue weighted by atomic mass is 10.3. The summed E-state index contributed by atoms with van der Waals surface area (Å²) in [4.78, 5) is 26.4. The number of hydrogen-bond acceptors (Lipinski definition) is 4. The summed E-state index contributed by atoms with van der Waals surface area (Å²) in [6, 6.07) is 3.04. The summed E-state index contributed by atoms with van der Waals surface area (Å²) in [5, 5.41) is 8.92. The number of piperazine rings is 1. The summed E-state index contributed by atoms with van der Waals surface area (Å²) >= 11 is 5.61. The van der Waals surface area contributed by atoms with Crippen LogP contribution in [-0.4, -0.2) is 59.5 Å². The number of amides is 2. The Hall–Kier alpha value is -1.53. The highest BCUT2D eigenvalue weighted by molar-refractivity contribution is 6.29. The van der Waals surface area contributed by atoms with Crippen LogP contribution in [-0.2, 0) is 4.79 Å². The lowest BCUT2D eigenvalue weighted by molar-refractivity contribution is -0.135. The van der Waals surface area contributed by atoms with Gasteiger partial charge in [-0.2, -0.15) is 0 Å². The normalized spacial score (nSPS) is 15.9. The molecule has 0 radical (unpaired) electrons. The zero-order chi connectivity index (χ0) is 13.1. The Bertz CT molecular complexity index is 452. The van der Waals surface area contributed by atoms with Crippen molar-refractivity contribution in [3.8, 4) is 0 Å². The Kier molecular flexibility index (Phi) is 3.88. The second-order valence-corrected chi connectivity index (χ2v) is 4.31. The molecule has 1 saturated heterocycles. The second-order valence-electron chi connectivity index (χ2n) is 3.93. The molecule has 0 atom stereocenters. The van der Waals surface area contributed by atoms with Crippen LogP contribution in [0.1, 0.15) is 10.6 Å². The van der Waals surface area contributed by atoms with Gasteiger partial charge in [0.2, 0.25) is 5.91 Å². The lowest BCUT2D eigenvalue weighted by Crippen LogP contribution is -2.51. The number of carbonyl (C=O) groups excluding carboxylic acids is 2. The van der Waals surface area contributed by atoms with Crippen LogP contribution in [0.4, 0.5) is 0 Å². The van der Waals surface area contributed by atoms with Crippen LogP contribution in [0.3, 0.4) is 0 Å². The van der Waals surface area contributed by atoms with Crippen molar-refractivity contribution in [1.82, 2.24) is 9.80 Å². The quantitative estimate of drug-likeness (QED) is 0.835. The molecule has 1 aromatic heterocycles. The summed E-state index contributed by atoms with van der Waals surface area (Å²) in [6.07, 6.45) is 0. The summed E-state index contributed by atoms with van der Waals surface area (Å²) in [5.41, 5.74) is 0. The molecule has 0 aliphatic carbocycles. The Morgan fingerprint density at radius 1 is 1.22 bits per heavy atom. The molecule has 1 N–H and O–H groups in total. The van der Waals surface area contributed by atoms with Gasteiger partial charge in [0.1, 0.15) is 6.61 Å². The summed E-state index contributed by atoms with van der Waals surface area (Å²) < 4.78 is 5.05. The Labute approximate surface area is 109 Å². The van der Waals surface area contributed by atoms with E-state index >= 15 is 0 Å². The zero-order valence-corrected chi connectivity index (χ0v) is 10.4. The number of furan rings is 1. The first-order chi connectivity index (χ1) is 8.61. The SMILES string of the molecule is O=C(CO)N1CCN(C(=O)c2ccc(Cl)o2)CC1. The molecule has 1 aliphatic heterocycles. The molecule has 2 rings (SSSR count). The van der Waals surface area contributed by atoms with Crippen molar-refractivity contribution < 1.29 is 19.1 Å². The maximum absolute atomic E-state index is 12.0. The maximum Gasteiger partial charge on any atom is 0.289 e. The minimum atomic E-state index is -0.498. The van der Waals surface area contributed by atoms with Gasteiger partial charge in [-0.25, -0.2) is 0 Å². The maximum atomic E-state index is 12.0. The van der Waals surface area contributed by atoms with Crippen molar-refractivity contribution in [1.29, 1.82) is 0 Å². The molecule has 1 aliphatic rings. The van der Waals surface area contributed by atoms with Crippen LogP contribution in [0, 0.1) is 0 Å². The highest BCUT2D eigenvalue weighted by Crippen LogP contribution is 2.16. The van der Waals surface area contributed by atoms with Crippen LogP contribution in [0.15, 0.2) is 16.5 Å². The van der Waals surface area contributed by atoms with E-state index in [1.165, 1.54) is 17.0 Å². The molecule has 0 spiro atoms. The number of hydrogen-bond donors (Lipinski definition) is 1. The number of aliphatic hydroxyl groups is 1. The third-order valence-electron chi connectivity index (χ3n) is 2.84. The molecule has 18 heavy (non-hydrogen) atoms. The molecule has 1 fully saturated rings. The molecule has 98 valence electrons. The van der Waals surface area contributed by atoms with Crippen LogP contribution in [0.25, 0.3) is 0 Å². The average Bonchev–Trinajstić information content (AvgIpc) is 2.84. The highest BCUT2D eigenvalue weighted by Gasteiger charge is 2.25. The van der Waals surface area contributed by atoms with Gasteiger partial charge in [-0.05, 0) is 23.7 Å². The number of nitrogens with zero attached hydrogens (tertiary/aromatic N) is 2. The van der Waals surface area contributed by atoms with Gasteiger partial charge in [0.25, 0.3) is 5.91 Å². The van der Waals surface area contributed by atoms with Crippen molar-refractivity contribution in [2.24, 2.45) is 0 Å². The van der Waals surface area contributed by atoms with Gasteiger partial charge < -0.3 is 19.3 Å². The van der Waals surface area contributed by atoms with Crippen LogP contribution in [0.2, 0.25) is 5.22 Å². The van der Waals surface area contributed by atoms with Crippen molar-refractivity contribution in [2.45, 2.75) is 0 Å². The molecule has 0 unspecified atom stereocenters. The van der Waals surface area contributed by atoms with Crippen LogP contribution in [0.5, 0.6) is 0 Å². The fraction of sp³-hybridized carbons (Fsp3) is 0.455. The lowest BCUT2D eigenvalue weighted by Gasteiger charge is -2.33. The smallest absolute Gasteiger partial charge is 0.289 e. The average molecular weight is 273 g/mol. The number of halogens is 1. The first kappa shape index (κ1) is 12.9. The van der Waals surface area contributed by atoms with E-state index in [9.17, 15) is 9.59 Å². The third kappa shape index (κ3) is 2.65. The third-order valence-corrected chi connectivity index (χ3v) is 3.04. The summed E-state index contributed by atoms with van der Waals surface area (Å²) in [7, 11) is 0. The molecular formula is C11H13ClN2O4. The fourth-order valence-electron chi connectivity index (χ4n) is 1.84.